The van der Waals surface area contributed by atoms with E-state index in [0.29, 0.717) is 5.56 Å². The van der Waals surface area contributed by atoms with Gasteiger partial charge in [-0.2, -0.15) is 11.3 Å². The molecule has 0 aliphatic carbocycles. The summed E-state index contributed by atoms with van der Waals surface area (Å²) in [5.74, 6) is -0.101. The Balaban J connectivity index is 2.09. The van der Waals surface area contributed by atoms with E-state index in [9.17, 15) is 4.79 Å². The summed E-state index contributed by atoms with van der Waals surface area (Å²) in [5.41, 5.74) is 2.54. The van der Waals surface area contributed by atoms with Crippen molar-refractivity contribution in [1.82, 2.24) is 10.3 Å². The molecule has 0 saturated heterocycles. The summed E-state index contributed by atoms with van der Waals surface area (Å²) in [7, 11) is 0. The Morgan fingerprint density at radius 2 is 2.30 bits per heavy atom. The van der Waals surface area contributed by atoms with Crippen molar-refractivity contribution in [3.63, 3.8) is 0 Å². The van der Waals surface area contributed by atoms with E-state index in [1.54, 1.807) is 23.7 Å². The second kappa shape index (κ2) is 7.05. The Morgan fingerprint density at radius 3 is 3.00 bits per heavy atom. The van der Waals surface area contributed by atoms with E-state index in [4.69, 9.17) is 0 Å². The van der Waals surface area contributed by atoms with Gasteiger partial charge in [0.25, 0.3) is 5.91 Å². The zero-order valence-corrected chi connectivity index (χ0v) is 12.5. The molecule has 106 valence electrons. The molecule has 0 aromatic carbocycles. The van der Waals surface area contributed by atoms with Crippen LogP contribution in [0.1, 0.15) is 42.2 Å². The second-order valence-corrected chi connectivity index (χ2v) is 5.38. The van der Waals surface area contributed by atoms with Gasteiger partial charge in [-0.05, 0) is 41.8 Å². The average molecular weight is 289 g/mol. The quantitative estimate of drug-likeness (QED) is 0.856. The largest absolute Gasteiger partial charge is 0.384 e. The van der Waals surface area contributed by atoms with E-state index in [1.807, 2.05) is 29.8 Å². The molecule has 0 radical (unpaired) electrons. The van der Waals surface area contributed by atoms with Crippen LogP contribution in [0.5, 0.6) is 0 Å². The molecular formula is C15H19N3OS. The molecule has 5 heteroatoms. The SMILES string of the molecule is CCCNc1ccncc1C(=O)NC(C)c1ccsc1. The fraction of sp³-hybridized carbons (Fsp3) is 0.333. The summed E-state index contributed by atoms with van der Waals surface area (Å²) in [6, 6.07) is 3.85. The van der Waals surface area contributed by atoms with E-state index in [0.717, 1.165) is 24.2 Å². The molecule has 1 amide bonds. The molecule has 0 aliphatic rings. The third-order valence-corrected chi connectivity index (χ3v) is 3.72. The average Bonchev–Trinajstić information content (AvgIpc) is 2.99. The summed E-state index contributed by atoms with van der Waals surface area (Å²) in [5, 5.41) is 10.3. The molecule has 2 aromatic heterocycles. The fourth-order valence-corrected chi connectivity index (χ4v) is 2.62. The number of thiophene rings is 1. The van der Waals surface area contributed by atoms with Crippen LogP contribution in [0, 0.1) is 0 Å². The van der Waals surface area contributed by atoms with Gasteiger partial charge in [0.2, 0.25) is 0 Å². The summed E-state index contributed by atoms with van der Waals surface area (Å²) in [6.45, 7) is 4.91. The van der Waals surface area contributed by atoms with Crippen LogP contribution in [0.2, 0.25) is 0 Å². The highest BCUT2D eigenvalue weighted by molar-refractivity contribution is 7.07. The number of carbonyl (C=O) groups excluding carboxylic acids is 1. The highest BCUT2D eigenvalue weighted by Crippen LogP contribution is 2.18. The van der Waals surface area contributed by atoms with Crippen molar-refractivity contribution in [1.29, 1.82) is 0 Å². The monoisotopic (exact) mass is 289 g/mol. The van der Waals surface area contributed by atoms with Crippen LogP contribution < -0.4 is 10.6 Å². The summed E-state index contributed by atoms with van der Waals surface area (Å²) < 4.78 is 0. The van der Waals surface area contributed by atoms with Gasteiger partial charge in [0.05, 0.1) is 17.3 Å². The molecule has 0 aliphatic heterocycles. The third-order valence-electron chi connectivity index (χ3n) is 3.02. The van der Waals surface area contributed by atoms with Crippen LogP contribution in [0.15, 0.2) is 35.3 Å². The minimum atomic E-state index is -0.101. The molecule has 2 aromatic rings. The summed E-state index contributed by atoms with van der Waals surface area (Å²) >= 11 is 1.63. The maximum Gasteiger partial charge on any atom is 0.255 e. The lowest BCUT2D eigenvalue weighted by molar-refractivity contribution is 0.0940. The van der Waals surface area contributed by atoms with Crippen molar-refractivity contribution in [3.8, 4) is 0 Å². The molecule has 0 saturated carbocycles. The van der Waals surface area contributed by atoms with Gasteiger partial charge < -0.3 is 10.6 Å². The van der Waals surface area contributed by atoms with Gasteiger partial charge in [-0.1, -0.05) is 6.92 Å². The lowest BCUT2D eigenvalue weighted by Gasteiger charge is -2.15. The number of amides is 1. The van der Waals surface area contributed by atoms with Crippen molar-refractivity contribution in [3.05, 3.63) is 46.4 Å². The fourth-order valence-electron chi connectivity index (χ4n) is 1.87. The maximum absolute atomic E-state index is 12.3. The number of hydrogen-bond donors (Lipinski definition) is 2. The smallest absolute Gasteiger partial charge is 0.255 e. The number of carbonyl (C=O) groups is 1. The third kappa shape index (κ3) is 3.57. The van der Waals surface area contributed by atoms with Crippen LogP contribution in [0.25, 0.3) is 0 Å². The van der Waals surface area contributed by atoms with Crippen molar-refractivity contribution in [2.75, 3.05) is 11.9 Å². The maximum atomic E-state index is 12.3. The van der Waals surface area contributed by atoms with Crippen LogP contribution in [0.4, 0.5) is 5.69 Å². The standard InChI is InChI=1S/C15H19N3OS/c1-3-6-17-14-4-7-16-9-13(14)15(19)18-11(2)12-5-8-20-10-12/h4-5,7-11H,3,6H2,1-2H3,(H,16,17)(H,18,19). The van der Waals surface area contributed by atoms with Gasteiger partial charge in [-0.3, -0.25) is 9.78 Å². The van der Waals surface area contributed by atoms with Gasteiger partial charge in [-0.15, -0.1) is 0 Å². The Bertz CT molecular complexity index is 554. The number of nitrogens with zero attached hydrogens (tertiary/aromatic N) is 1. The van der Waals surface area contributed by atoms with E-state index in [2.05, 4.69) is 22.5 Å². The van der Waals surface area contributed by atoms with E-state index in [1.165, 1.54) is 0 Å². The molecule has 0 bridgehead atoms. The number of nitrogens with one attached hydrogen (secondary N) is 2. The van der Waals surface area contributed by atoms with Crippen LogP contribution in [-0.4, -0.2) is 17.4 Å². The minimum absolute atomic E-state index is 0.00650. The van der Waals surface area contributed by atoms with Gasteiger partial charge in [0.1, 0.15) is 0 Å². The number of anilines is 1. The van der Waals surface area contributed by atoms with Crippen molar-refractivity contribution >= 4 is 22.9 Å². The van der Waals surface area contributed by atoms with Crippen molar-refractivity contribution in [2.24, 2.45) is 0 Å². The first-order valence-corrected chi connectivity index (χ1v) is 7.67. The Morgan fingerprint density at radius 1 is 1.45 bits per heavy atom. The number of pyridine rings is 1. The second-order valence-electron chi connectivity index (χ2n) is 4.60. The molecule has 2 N–H and O–H groups in total. The van der Waals surface area contributed by atoms with Crippen LogP contribution in [0.3, 0.4) is 0 Å². The first kappa shape index (κ1) is 14.5. The van der Waals surface area contributed by atoms with Crippen molar-refractivity contribution < 1.29 is 4.79 Å². The first-order chi connectivity index (χ1) is 9.72. The van der Waals surface area contributed by atoms with Crippen LogP contribution >= 0.6 is 11.3 Å². The lowest BCUT2D eigenvalue weighted by atomic mass is 10.1. The molecule has 0 spiro atoms. The van der Waals surface area contributed by atoms with E-state index >= 15 is 0 Å². The Kier molecular flexibility index (Phi) is 5.12. The number of hydrogen-bond acceptors (Lipinski definition) is 4. The highest BCUT2D eigenvalue weighted by atomic mass is 32.1. The van der Waals surface area contributed by atoms with Crippen molar-refractivity contribution in [2.45, 2.75) is 26.3 Å². The topological polar surface area (TPSA) is 54.0 Å². The zero-order chi connectivity index (χ0) is 14.4. The minimum Gasteiger partial charge on any atom is -0.384 e. The summed E-state index contributed by atoms with van der Waals surface area (Å²) in [4.78, 5) is 16.4. The van der Waals surface area contributed by atoms with Gasteiger partial charge >= 0.3 is 0 Å². The molecule has 2 rings (SSSR count). The van der Waals surface area contributed by atoms with Gasteiger partial charge in [0, 0.05) is 18.9 Å². The normalized spacial score (nSPS) is 11.9. The number of rotatable bonds is 6. The Labute approximate surface area is 123 Å². The molecule has 2 heterocycles. The van der Waals surface area contributed by atoms with E-state index in [-0.39, 0.29) is 11.9 Å². The molecule has 0 fully saturated rings. The van der Waals surface area contributed by atoms with Crippen LogP contribution in [-0.2, 0) is 0 Å². The summed E-state index contributed by atoms with van der Waals surface area (Å²) in [6.07, 6.45) is 4.30. The predicted molar refractivity (Wildman–Crippen MR) is 83.2 cm³/mol. The predicted octanol–water partition coefficient (Wildman–Crippen LogP) is 3.46. The molecule has 1 unspecified atom stereocenters. The number of aromatic nitrogens is 1. The highest BCUT2D eigenvalue weighted by Gasteiger charge is 2.15. The molecule has 4 nitrogen and oxygen atoms in total. The van der Waals surface area contributed by atoms with Gasteiger partial charge in [0.15, 0.2) is 0 Å². The first-order valence-electron chi connectivity index (χ1n) is 6.73. The Hall–Kier alpha value is -1.88. The molecular weight excluding hydrogens is 270 g/mol. The molecule has 1 atom stereocenters. The zero-order valence-electron chi connectivity index (χ0n) is 11.7. The molecule has 20 heavy (non-hydrogen) atoms. The van der Waals surface area contributed by atoms with E-state index < -0.39 is 0 Å². The van der Waals surface area contributed by atoms with Gasteiger partial charge in [-0.25, -0.2) is 0 Å². The lowest BCUT2D eigenvalue weighted by Crippen LogP contribution is -2.27.